The Morgan fingerprint density at radius 1 is 1.40 bits per heavy atom. The van der Waals surface area contributed by atoms with Crippen LogP contribution in [0.3, 0.4) is 0 Å². The Hall–Kier alpha value is -0.530. The zero-order valence-corrected chi connectivity index (χ0v) is 10.4. The highest BCUT2D eigenvalue weighted by Gasteiger charge is 2.28. The Morgan fingerprint density at radius 3 is 2.73 bits per heavy atom. The largest absolute Gasteiger partial charge is 0.353 e. The number of rotatable bonds is 5. The molecule has 0 aromatic heterocycles. The molecule has 15 heavy (non-hydrogen) atoms. The van der Waals surface area contributed by atoms with Crippen LogP contribution in [0.1, 0.15) is 59.3 Å². The number of hydrogen-bond acceptors (Lipinski definition) is 1. The highest BCUT2D eigenvalue weighted by atomic mass is 16.1. The van der Waals surface area contributed by atoms with Crippen molar-refractivity contribution in [1.29, 1.82) is 0 Å². The third-order valence-corrected chi connectivity index (χ3v) is 3.44. The van der Waals surface area contributed by atoms with E-state index in [2.05, 4.69) is 12.2 Å². The Kier molecular flexibility index (Phi) is 5.13. The Labute approximate surface area is 93.8 Å². The molecule has 88 valence electrons. The van der Waals surface area contributed by atoms with Gasteiger partial charge in [0, 0.05) is 12.0 Å². The average Bonchev–Trinajstić information content (AvgIpc) is 2.62. The maximum Gasteiger partial charge on any atom is 0.222 e. The van der Waals surface area contributed by atoms with Crippen LogP contribution < -0.4 is 5.32 Å². The molecule has 0 spiro atoms. The van der Waals surface area contributed by atoms with Crippen molar-refractivity contribution in [2.24, 2.45) is 11.8 Å². The average molecular weight is 211 g/mol. The van der Waals surface area contributed by atoms with Crippen LogP contribution in [-0.2, 0) is 4.79 Å². The third kappa shape index (κ3) is 3.84. The summed E-state index contributed by atoms with van der Waals surface area (Å²) in [5.74, 6) is 1.09. The standard InChI is InChI=1S/C13H25NO/c1-4-5-7-11-8-6-9-12(11)14-13(15)10(2)3/h10-12H,4-9H2,1-3H3,(H,14,15)/t11-,12-/m1/s1. The summed E-state index contributed by atoms with van der Waals surface area (Å²) in [5, 5.41) is 3.20. The second-order valence-corrected chi connectivity index (χ2v) is 5.10. The summed E-state index contributed by atoms with van der Waals surface area (Å²) in [6.45, 7) is 6.16. The fourth-order valence-corrected chi connectivity index (χ4v) is 2.39. The van der Waals surface area contributed by atoms with Crippen molar-refractivity contribution in [3.63, 3.8) is 0 Å². The van der Waals surface area contributed by atoms with E-state index in [0.29, 0.717) is 6.04 Å². The second-order valence-electron chi connectivity index (χ2n) is 5.10. The summed E-state index contributed by atoms with van der Waals surface area (Å²) in [5.41, 5.74) is 0. The quantitative estimate of drug-likeness (QED) is 0.743. The van der Waals surface area contributed by atoms with Gasteiger partial charge in [0.15, 0.2) is 0 Å². The minimum Gasteiger partial charge on any atom is -0.353 e. The van der Waals surface area contributed by atoms with Gasteiger partial charge in [-0.05, 0) is 25.2 Å². The number of unbranched alkanes of at least 4 members (excludes halogenated alkanes) is 1. The van der Waals surface area contributed by atoms with Gasteiger partial charge < -0.3 is 5.32 Å². The molecule has 1 aliphatic rings. The summed E-state index contributed by atoms with van der Waals surface area (Å²) in [7, 11) is 0. The predicted molar refractivity (Wildman–Crippen MR) is 63.6 cm³/mol. The monoisotopic (exact) mass is 211 g/mol. The van der Waals surface area contributed by atoms with E-state index in [1.165, 1.54) is 38.5 Å². The van der Waals surface area contributed by atoms with Crippen LogP contribution in [0.15, 0.2) is 0 Å². The van der Waals surface area contributed by atoms with Crippen molar-refractivity contribution in [3.8, 4) is 0 Å². The van der Waals surface area contributed by atoms with Crippen molar-refractivity contribution < 1.29 is 4.79 Å². The number of amides is 1. The number of carbonyl (C=O) groups is 1. The number of hydrogen-bond donors (Lipinski definition) is 1. The Bertz CT molecular complexity index is 201. The minimum absolute atomic E-state index is 0.123. The van der Waals surface area contributed by atoms with Crippen molar-refractivity contribution in [3.05, 3.63) is 0 Å². The fourth-order valence-electron chi connectivity index (χ4n) is 2.39. The second kappa shape index (κ2) is 6.14. The van der Waals surface area contributed by atoms with Gasteiger partial charge in [-0.1, -0.05) is 40.0 Å². The Morgan fingerprint density at radius 2 is 2.13 bits per heavy atom. The first kappa shape index (κ1) is 12.5. The highest BCUT2D eigenvalue weighted by Crippen LogP contribution is 2.29. The molecule has 1 saturated carbocycles. The van der Waals surface area contributed by atoms with Gasteiger partial charge in [-0.15, -0.1) is 0 Å². The van der Waals surface area contributed by atoms with Crippen molar-refractivity contribution in [2.75, 3.05) is 0 Å². The fraction of sp³-hybridized carbons (Fsp3) is 0.923. The lowest BCUT2D eigenvalue weighted by Crippen LogP contribution is -2.39. The molecule has 1 amide bonds. The molecule has 0 radical (unpaired) electrons. The third-order valence-electron chi connectivity index (χ3n) is 3.44. The molecule has 0 aromatic carbocycles. The Balaban J connectivity index is 2.36. The molecule has 0 saturated heterocycles. The van der Waals surface area contributed by atoms with E-state index in [0.717, 1.165) is 5.92 Å². The first-order chi connectivity index (χ1) is 7.15. The highest BCUT2D eigenvalue weighted by molar-refractivity contribution is 5.78. The van der Waals surface area contributed by atoms with E-state index in [4.69, 9.17) is 0 Å². The molecule has 2 heteroatoms. The summed E-state index contributed by atoms with van der Waals surface area (Å²) in [6.07, 6.45) is 7.65. The van der Waals surface area contributed by atoms with Gasteiger partial charge in [-0.25, -0.2) is 0 Å². The van der Waals surface area contributed by atoms with Gasteiger partial charge in [-0.2, -0.15) is 0 Å². The van der Waals surface area contributed by atoms with Gasteiger partial charge in [0.05, 0.1) is 0 Å². The molecule has 0 unspecified atom stereocenters. The molecule has 0 bridgehead atoms. The van der Waals surface area contributed by atoms with E-state index in [-0.39, 0.29) is 11.8 Å². The molecule has 1 aliphatic carbocycles. The zero-order valence-electron chi connectivity index (χ0n) is 10.4. The number of carbonyl (C=O) groups excluding carboxylic acids is 1. The molecular weight excluding hydrogens is 186 g/mol. The summed E-state index contributed by atoms with van der Waals surface area (Å²) in [4.78, 5) is 11.6. The maximum atomic E-state index is 11.6. The smallest absolute Gasteiger partial charge is 0.222 e. The molecule has 1 N–H and O–H groups in total. The van der Waals surface area contributed by atoms with Crippen LogP contribution >= 0.6 is 0 Å². The summed E-state index contributed by atoms with van der Waals surface area (Å²) >= 11 is 0. The van der Waals surface area contributed by atoms with Crippen LogP contribution in [0.25, 0.3) is 0 Å². The van der Waals surface area contributed by atoms with Crippen molar-refractivity contribution in [1.82, 2.24) is 5.32 Å². The molecule has 0 heterocycles. The van der Waals surface area contributed by atoms with E-state index < -0.39 is 0 Å². The molecular formula is C13H25NO. The topological polar surface area (TPSA) is 29.1 Å². The maximum absolute atomic E-state index is 11.6. The van der Waals surface area contributed by atoms with Gasteiger partial charge in [0.25, 0.3) is 0 Å². The molecule has 1 rings (SSSR count). The van der Waals surface area contributed by atoms with Crippen LogP contribution in [0.5, 0.6) is 0 Å². The predicted octanol–water partition coefficient (Wildman–Crippen LogP) is 3.12. The molecule has 0 aliphatic heterocycles. The van der Waals surface area contributed by atoms with Crippen LogP contribution in [-0.4, -0.2) is 11.9 Å². The first-order valence-corrected chi connectivity index (χ1v) is 6.45. The molecule has 2 nitrogen and oxygen atoms in total. The molecule has 1 fully saturated rings. The van der Waals surface area contributed by atoms with Crippen LogP contribution in [0.4, 0.5) is 0 Å². The lowest BCUT2D eigenvalue weighted by molar-refractivity contribution is -0.124. The minimum atomic E-state index is 0.123. The van der Waals surface area contributed by atoms with Crippen molar-refractivity contribution in [2.45, 2.75) is 65.3 Å². The summed E-state index contributed by atoms with van der Waals surface area (Å²) in [6, 6.07) is 0.464. The van der Waals surface area contributed by atoms with E-state index >= 15 is 0 Å². The van der Waals surface area contributed by atoms with Gasteiger partial charge in [-0.3, -0.25) is 4.79 Å². The van der Waals surface area contributed by atoms with Crippen molar-refractivity contribution >= 4 is 5.91 Å². The zero-order chi connectivity index (χ0) is 11.3. The molecule has 2 atom stereocenters. The van der Waals surface area contributed by atoms with Crippen LogP contribution in [0, 0.1) is 11.8 Å². The van der Waals surface area contributed by atoms with E-state index in [9.17, 15) is 4.79 Å². The van der Waals surface area contributed by atoms with E-state index in [1.54, 1.807) is 0 Å². The van der Waals surface area contributed by atoms with Gasteiger partial charge in [0.1, 0.15) is 0 Å². The number of nitrogens with one attached hydrogen (secondary N) is 1. The molecule has 0 aromatic rings. The SMILES string of the molecule is CCCC[C@@H]1CCC[C@H]1NC(=O)C(C)C. The van der Waals surface area contributed by atoms with Gasteiger partial charge in [0.2, 0.25) is 5.91 Å². The lowest BCUT2D eigenvalue weighted by Gasteiger charge is -2.21. The van der Waals surface area contributed by atoms with E-state index in [1.807, 2.05) is 13.8 Å². The summed E-state index contributed by atoms with van der Waals surface area (Å²) < 4.78 is 0. The first-order valence-electron chi connectivity index (χ1n) is 6.45. The van der Waals surface area contributed by atoms with Gasteiger partial charge >= 0.3 is 0 Å². The lowest BCUT2D eigenvalue weighted by atomic mass is 9.96. The van der Waals surface area contributed by atoms with Crippen LogP contribution in [0.2, 0.25) is 0 Å². The normalized spacial score (nSPS) is 25.9.